The molecule has 0 aliphatic rings. The van der Waals surface area contributed by atoms with Crippen molar-refractivity contribution in [1.82, 2.24) is 0 Å². The minimum Gasteiger partial charge on any atom is -0.481 e. The summed E-state index contributed by atoms with van der Waals surface area (Å²) >= 11 is 0. The fourth-order valence-corrected chi connectivity index (χ4v) is 3.38. The van der Waals surface area contributed by atoms with Crippen molar-refractivity contribution in [3.8, 4) is 0 Å². The van der Waals surface area contributed by atoms with Crippen molar-refractivity contribution >= 4 is 5.97 Å². The standard InChI is InChI=1S/C24H38O2/c1-2-3-4-5-6-7-10-15-22(18-13-9-14-19-24(25)26)20-21-23-16-11-8-12-17-23/h7-8,10-12,16-17,22H,2-6,9,13-15,18-21H2,1H3,(H,25,26)/b10-7-/t22-/m1/s1. The lowest BCUT2D eigenvalue weighted by Gasteiger charge is -2.15. The topological polar surface area (TPSA) is 37.3 Å². The Labute approximate surface area is 160 Å². The molecule has 0 aliphatic heterocycles. The zero-order valence-electron chi connectivity index (χ0n) is 16.7. The number of carbonyl (C=O) groups is 1. The van der Waals surface area contributed by atoms with Crippen LogP contribution in [-0.4, -0.2) is 11.1 Å². The molecule has 1 rings (SSSR count). The van der Waals surface area contributed by atoms with Gasteiger partial charge in [0.1, 0.15) is 0 Å². The molecule has 0 aromatic heterocycles. The molecule has 0 unspecified atom stereocenters. The molecule has 1 atom stereocenters. The summed E-state index contributed by atoms with van der Waals surface area (Å²) in [5.41, 5.74) is 1.42. The number of carboxylic acids is 1. The summed E-state index contributed by atoms with van der Waals surface area (Å²) in [5, 5.41) is 8.74. The molecule has 0 radical (unpaired) electrons. The predicted octanol–water partition coefficient (Wildman–Crippen LogP) is 7.19. The van der Waals surface area contributed by atoms with E-state index < -0.39 is 5.97 Å². The van der Waals surface area contributed by atoms with E-state index in [1.54, 1.807) is 0 Å². The van der Waals surface area contributed by atoms with Crippen molar-refractivity contribution in [2.75, 3.05) is 0 Å². The average molecular weight is 359 g/mol. The molecule has 0 fully saturated rings. The number of aryl methyl sites for hydroxylation is 1. The van der Waals surface area contributed by atoms with Crippen molar-refractivity contribution in [1.29, 1.82) is 0 Å². The Morgan fingerprint density at radius 2 is 1.73 bits per heavy atom. The highest BCUT2D eigenvalue weighted by Crippen LogP contribution is 2.21. The van der Waals surface area contributed by atoms with Crippen LogP contribution in [0.3, 0.4) is 0 Å². The van der Waals surface area contributed by atoms with Crippen LogP contribution in [0.5, 0.6) is 0 Å². The summed E-state index contributed by atoms with van der Waals surface area (Å²) in [6, 6.07) is 10.7. The summed E-state index contributed by atoms with van der Waals surface area (Å²) < 4.78 is 0. The van der Waals surface area contributed by atoms with Gasteiger partial charge >= 0.3 is 5.97 Å². The van der Waals surface area contributed by atoms with E-state index in [2.05, 4.69) is 49.4 Å². The van der Waals surface area contributed by atoms with Crippen LogP contribution in [-0.2, 0) is 11.2 Å². The van der Waals surface area contributed by atoms with Crippen LogP contribution < -0.4 is 0 Å². The van der Waals surface area contributed by atoms with E-state index in [4.69, 9.17) is 5.11 Å². The molecule has 1 aromatic carbocycles. The molecular weight excluding hydrogens is 320 g/mol. The van der Waals surface area contributed by atoms with E-state index >= 15 is 0 Å². The number of unbranched alkanes of at least 4 members (excludes halogenated alkanes) is 6. The monoisotopic (exact) mass is 358 g/mol. The van der Waals surface area contributed by atoms with E-state index in [9.17, 15) is 4.79 Å². The normalized spacial score (nSPS) is 12.5. The molecule has 1 aromatic rings. The summed E-state index contributed by atoms with van der Waals surface area (Å²) in [4.78, 5) is 10.6. The second-order valence-corrected chi connectivity index (χ2v) is 7.44. The van der Waals surface area contributed by atoms with Crippen molar-refractivity contribution in [3.63, 3.8) is 0 Å². The minimum atomic E-state index is -0.670. The maximum Gasteiger partial charge on any atom is 0.303 e. The summed E-state index contributed by atoms with van der Waals surface area (Å²) in [6.45, 7) is 2.25. The van der Waals surface area contributed by atoms with Gasteiger partial charge in [0.05, 0.1) is 0 Å². The van der Waals surface area contributed by atoms with Gasteiger partial charge < -0.3 is 5.11 Å². The molecule has 146 valence electrons. The predicted molar refractivity (Wildman–Crippen MR) is 111 cm³/mol. The van der Waals surface area contributed by atoms with E-state index in [0.717, 1.165) is 25.7 Å². The van der Waals surface area contributed by atoms with Crippen molar-refractivity contribution in [2.45, 2.75) is 90.4 Å². The lowest BCUT2D eigenvalue weighted by Crippen LogP contribution is -2.02. The third kappa shape index (κ3) is 12.7. The van der Waals surface area contributed by atoms with Gasteiger partial charge in [-0.25, -0.2) is 0 Å². The highest BCUT2D eigenvalue weighted by molar-refractivity contribution is 5.66. The SMILES string of the molecule is CCCCCC/C=C\C[C@H](CCCCCC(=O)O)CCc1ccccc1. The molecule has 26 heavy (non-hydrogen) atoms. The largest absolute Gasteiger partial charge is 0.481 e. The number of hydrogen-bond donors (Lipinski definition) is 1. The Morgan fingerprint density at radius 1 is 0.962 bits per heavy atom. The molecule has 0 bridgehead atoms. The van der Waals surface area contributed by atoms with Gasteiger partial charge in [0.2, 0.25) is 0 Å². The van der Waals surface area contributed by atoms with Crippen molar-refractivity contribution < 1.29 is 9.90 Å². The van der Waals surface area contributed by atoms with Crippen LogP contribution in [0, 0.1) is 5.92 Å². The van der Waals surface area contributed by atoms with Crippen LogP contribution in [0.25, 0.3) is 0 Å². The van der Waals surface area contributed by atoms with Gasteiger partial charge in [0.15, 0.2) is 0 Å². The highest BCUT2D eigenvalue weighted by atomic mass is 16.4. The van der Waals surface area contributed by atoms with Gasteiger partial charge in [-0.05, 0) is 50.0 Å². The Bertz CT molecular complexity index is 478. The van der Waals surface area contributed by atoms with Gasteiger partial charge in [0, 0.05) is 6.42 Å². The van der Waals surface area contributed by atoms with Crippen LogP contribution in [0.15, 0.2) is 42.5 Å². The van der Waals surface area contributed by atoms with Crippen molar-refractivity contribution in [2.24, 2.45) is 5.92 Å². The van der Waals surface area contributed by atoms with Gasteiger partial charge in [-0.2, -0.15) is 0 Å². The first-order valence-corrected chi connectivity index (χ1v) is 10.6. The van der Waals surface area contributed by atoms with Crippen LogP contribution >= 0.6 is 0 Å². The highest BCUT2D eigenvalue weighted by Gasteiger charge is 2.08. The average Bonchev–Trinajstić information content (AvgIpc) is 2.65. The number of benzene rings is 1. The minimum absolute atomic E-state index is 0.312. The van der Waals surface area contributed by atoms with Gasteiger partial charge in [-0.15, -0.1) is 0 Å². The summed E-state index contributed by atoms with van der Waals surface area (Å²) in [7, 11) is 0. The van der Waals surface area contributed by atoms with E-state index in [-0.39, 0.29) is 0 Å². The maximum atomic E-state index is 10.6. The molecule has 0 saturated carbocycles. The quantitative estimate of drug-likeness (QED) is 0.251. The van der Waals surface area contributed by atoms with E-state index in [1.165, 1.54) is 56.9 Å². The van der Waals surface area contributed by atoms with E-state index in [1.807, 2.05) is 0 Å². The fourth-order valence-electron chi connectivity index (χ4n) is 3.38. The molecule has 0 aliphatic carbocycles. The molecule has 2 nitrogen and oxygen atoms in total. The first-order valence-electron chi connectivity index (χ1n) is 10.6. The smallest absolute Gasteiger partial charge is 0.303 e. The third-order valence-corrected chi connectivity index (χ3v) is 5.05. The second kappa shape index (κ2) is 15.7. The first kappa shape index (κ1) is 22.5. The number of carboxylic acid groups (broad SMARTS) is 1. The molecule has 2 heteroatoms. The second-order valence-electron chi connectivity index (χ2n) is 7.44. The molecule has 0 amide bonds. The lowest BCUT2D eigenvalue weighted by atomic mass is 9.91. The zero-order chi connectivity index (χ0) is 18.9. The molecule has 1 N–H and O–H groups in total. The molecule has 0 heterocycles. The van der Waals surface area contributed by atoms with Gasteiger partial charge in [-0.1, -0.05) is 87.9 Å². The maximum absolute atomic E-state index is 10.6. The van der Waals surface area contributed by atoms with Crippen LogP contribution in [0.1, 0.15) is 89.5 Å². The summed E-state index contributed by atoms with van der Waals surface area (Å²) in [6.07, 6.45) is 19.3. The Hall–Kier alpha value is -1.57. The number of rotatable bonds is 16. The first-order chi connectivity index (χ1) is 12.7. The molecule has 0 spiro atoms. The Morgan fingerprint density at radius 3 is 2.46 bits per heavy atom. The van der Waals surface area contributed by atoms with Gasteiger partial charge in [-0.3, -0.25) is 4.79 Å². The number of hydrogen-bond acceptors (Lipinski definition) is 1. The zero-order valence-corrected chi connectivity index (χ0v) is 16.7. The van der Waals surface area contributed by atoms with Crippen LogP contribution in [0.2, 0.25) is 0 Å². The van der Waals surface area contributed by atoms with Gasteiger partial charge in [0.25, 0.3) is 0 Å². The van der Waals surface area contributed by atoms with E-state index in [0.29, 0.717) is 12.3 Å². The molecule has 0 saturated heterocycles. The Balaban J connectivity index is 2.31. The molecular formula is C24H38O2. The third-order valence-electron chi connectivity index (χ3n) is 5.05. The Kier molecular flexibility index (Phi) is 13.5. The number of allylic oxidation sites excluding steroid dienone is 2. The van der Waals surface area contributed by atoms with Crippen LogP contribution in [0.4, 0.5) is 0 Å². The summed E-state index contributed by atoms with van der Waals surface area (Å²) in [5.74, 6) is 0.0450. The number of aliphatic carboxylic acids is 1. The fraction of sp³-hybridized carbons (Fsp3) is 0.625. The van der Waals surface area contributed by atoms with Crippen molar-refractivity contribution in [3.05, 3.63) is 48.0 Å². The lowest BCUT2D eigenvalue weighted by molar-refractivity contribution is -0.137.